The zero-order valence-corrected chi connectivity index (χ0v) is 15.2. The lowest BCUT2D eigenvalue weighted by Gasteiger charge is -2.19. The molecule has 1 saturated heterocycles. The van der Waals surface area contributed by atoms with Gasteiger partial charge in [0.2, 0.25) is 0 Å². The molecule has 2 aliphatic rings. The van der Waals surface area contributed by atoms with E-state index in [1.54, 1.807) is 36.3 Å². The lowest BCUT2D eigenvalue weighted by Crippen LogP contribution is -2.32. The normalized spacial score (nSPS) is 18.5. The zero-order valence-electron chi connectivity index (χ0n) is 15.2. The molecule has 2 aromatic carbocycles. The minimum Gasteiger partial charge on any atom is -0.497 e. The standard InChI is InChI=1S/C21H22N2O4/c1-26-16-7-3-6-15(11-16)22-20(24)18-9-2-5-14-12-23(21(25)19(14)18)13-17-8-4-10-27-17/h2-3,5-7,9,11,17H,4,8,10,12-13H2,1H3,(H,22,24). The number of amides is 2. The SMILES string of the molecule is COc1cccc(NC(=O)c2cccc3c2C(=O)N(CC2CCCO2)C3)c1. The third kappa shape index (κ3) is 3.53. The van der Waals surface area contributed by atoms with Crippen LogP contribution >= 0.6 is 0 Å². The van der Waals surface area contributed by atoms with Gasteiger partial charge in [0, 0.05) is 31.5 Å². The minimum atomic E-state index is -0.299. The molecule has 1 N–H and O–H groups in total. The van der Waals surface area contributed by atoms with Crippen molar-refractivity contribution >= 4 is 17.5 Å². The Morgan fingerprint density at radius 1 is 1.30 bits per heavy atom. The van der Waals surface area contributed by atoms with E-state index in [0.717, 1.165) is 25.0 Å². The number of nitrogens with zero attached hydrogens (tertiary/aromatic N) is 1. The number of anilines is 1. The van der Waals surface area contributed by atoms with Gasteiger partial charge in [-0.1, -0.05) is 18.2 Å². The molecule has 2 heterocycles. The number of nitrogens with one attached hydrogen (secondary N) is 1. The van der Waals surface area contributed by atoms with Crippen LogP contribution in [0.4, 0.5) is 5.69 Å². The molecule has 0 radical (unpaired) electrons. The summed E-state index contributed by atoms with van der Waals surface area (Å²) in [5.74, 6) is 0.259. The molecule has 140 valence electrons. The molecule has 0 spiro atoms. The van der Waals surface area contributed by atoms with Crippen molar-refractivity contribution in [1.82, 2.24) is 4.90 Å². The van der Waals surface area contributed by atoms with Crippen molar-refractivity contribution in [3.8, 4) is 5.75 Å². The molecule has 0 aliphatic carbocycles. The van der Waals surface area contributed by atoms with Crippen LogP contribution in [0.25, 0.3) is 0 Å². The van der Waals surface area contributed by atoms with Gasteiger partial charge in [0.25, 0.3) is 11.8 Å². The van der Waals surface area contributed by atoms with E-state index in [-0.39, 0.29) is 17.9 Å². The van der Waals surface area contributed by atoms with E-state index in [9.17, 15) is 9.59 Å². The first-order chi connectivity index (χ1) is 13.2. The van der Waals surface area contributed by atoms with Gasteiger partial charge in [-0.15, -0.1) is 0 Å². The molecule has 0 bridgehead atoms. The molecule has 6 nitrogen and oxygen atoms in total. The number of rotatable bonds is 5. The third-order valence-electron chi connectivity index (χ3n) is 5.03. The van der Waals surface area contributed by atoms with E-state index < -0.39 is 0 Å². The van der Waals surface area contributed by atoms with E-state index in [1.165, 1.54) is 0 Å². The smallest absolute Gasteiger partial charge is 0.256 e. The van der Waals surface area contributed by atoms with Crippen molar-refractivity contribution in [2.75, 3.05) is 25.6 Å². The van der Waals surface area contributed by atoms with E-state index in [4.69, 9.17) is 9.47 Å². The van der Waals surface area contributed by atoms with Crippen LogP contribution in [-0.4, -0.2) is 43.1 Å². The summed E-state index contributed by atoms with van der Waals surface area (Å²) in [5, 5.41) is 2.86. The van der Waals surface area contributed by atoms with Crippen molar-refractivity contribution < 1.29 is 19.1 Å². The second kappa shape index (κ2) is 7.40. The van der Waals surface area contributed by atoms with Gasteiger partial charge in [0.1, 0.15) is 5.75 Å². The Balaban J connectivity index is 1.54. The molecule has 2 aromatic rings. The Morgan fingerprint density at radius 2 is 2.15 bits per heavy atom. The van der Waals surface area contributed by atoms with E-state index >= 15 is 0 Å². The Kier molecular flexibility index (Phi) is 4.81. The summed E-state index contributed by atoms with van der Waals surface area (Å²) in [4.78, 5) is 27.5. The molecule has 4 rings (SSSR count). The molecule has 1 fully saturated rings. The van der Waals surface area contributed by atoms with Gasteiger partial charge in [0.15, 0.2) is 0 Å². The predicted octanol–water partition coefficient (Wildman–Crippen LogP) is 3.08. The second-order valence-electron chi connectivity index (χ2n) is 6.85. The highest BCUT2D eigenvalue weighted by atomic mass is 16.5. The fourth-order valence-corrected chi connectivity index (χ4v) is 3.69. The molecule has 1 unspecified atom stereocenters. The van der Waals surface area contributed by atoms with Gasteiger partial charge < -0.3 is 19.7 Å². The van der Waals surface area contributed by atoms with Crippen LogP contribution in [0.2, 0.25) is 0 Å². The van der Waals surface area contributed by atoms with Crippen LogP contribution in [-0.2, 0) is 11.3 Å². The highest BCUT2D eigenvalue weighted by Gasteiger charge is 2.33. The molecule has 1 atom stereocenters. The van der Waals surface area contributed by atoms with Gasteiger partial charge in [0.05, 0.1) is 24.3 Å². The van der Waals surface area contributed by atoms with Gasteiger partial charge >= 0.3 is 0 Å². The van der Waals surface area contributed by atoms with Gasteiger partial charge in [-0.2, -0.15) is 0 Å². The number of ether oxygens (including phenoxy) is 2. The quantitative estimate of drug-likeness (QED) is 0.883. The molecule has 0 aromatic heterocycles. The van der Waals surface area contributed by atoms with Gasteiger partial charge in [-0.05, 0) is 36.6 Å². The van der Waals surface area contributed by atoms with E-state index in [2.05, 4.69) is 5.32 Å². The summed E-state index contributed by atoms with van der Waals surface area (Å²) in [7, 11) is 1.58. The predicted molar refractivity (Wildman–Crippen MR) is 101 cm³/mol. The topological polar surface area (TPSA) is 67.9 Å². The zero-order chi connectivity index (χ0) is 18.8. The van der Waals surface area contributed by atoms with Crippen molar-refractivity contribution in [3.63, 3.8) is 0 Å². The maximum Gasteiger partial charge on any atom is 0.256 e. The van der Waals surface area contributed by atoms with Crippen LogP contribution in [0.3, 0.4) is 0 Å². The van der Waals surface area contributed by atoms with Crippen LogP contribution in [0.1, 0.15) is 39.1 Å². The molecule has 2 amide bonds. The summed E-state index contributed by atoms with van der Waals surface area (Å²) < 4.78 is 10.8. The van der Waals surface area contributed by atoms with Gasteiger partial charge in [-0.25, -0.2) is 0 Å². The fourth-order valence-electron chi connectivity index (χ4n) is 3.69. The number of hydrogen-bond donors (Lipinski definition) is 1. The highest BCUT2D eigenvalue weighted by Crippen LogP contribution is 2.28. The summed E-state index contributed by atoms with van der Waals surface area (Å²) in [6, 6.07) is 12.6. The van der Waals surface area contributed by atoms with Crippen LogP contribution in [0.5, 0.6) is 5.75 Å². The van der Waals surface area contributed by atoms with Crippen molar-refractivity contribution in [2.24, 2.45) is 0 Å². The average Bonchev–Trinajstić information content (AvgIpc) is 3.30. The highest BCUT2D eigenvalue weighted by molar-refractivity contribution is 6.13. The Labute approximate surface area is 158 Å². The molecular weight excluding hydrogens is 344 g/mol. The van der Waals surface area contributed by atoms with Crippen LogP contribution < -0.4 is 10.1 Å². The Hall–Kier alpha value is -2.86. The number of carbonyl (C=O) groups is 2. The summed E-state index contributed by atoms with van der Waals surface area (Å²) in [6.45, 7) is 1.85. The Bertz CT molecular complexity index is 874. The molecule has 0 saturated carbocycles. The van der Waals surface area contributed by atoms with Crippen molar-refractivity contribution in [3.05, 3.63) is 59.2 Å². The first-order valence-corrected chi connectivity index (χ1v) is 9.14. The maximum atomic E-state index is 12.9. The minimum absolute atomic E-state index is 0.0947. The van der Waals surface area contributed by atoms with Crippen LogP contribution in [0, 0.1) is 0 Å². The summed E-state index contributed by atoms with van der Waals surface area (Å²) >= 11 is 0. The average molecular weight is 366 g/mol. The number of fused-ring (bicyclic) bond motifs is 1. The van der Waals surface area contributed by atoms with E-state index in [0.29, 0.717) is 35.7 Å². The number of carbonyl (C=O) groups excluding carboxylic acids is 2. The number of hydrogen-bond acceptors (Lipinski definition) is 4. The summed E-state index contributed by atoms with van der Waals surface area (Å²) in [5.41, 5.74) is 2.40. The first-order valence-electron chi connectivity index (χ1n) is 9.14. The lowest BCUT2D eigenvalue weighted by molar-refractivity contribution is 0.0544. The van der Waals surface area contributed by atoms with E-state index in [1.807, 2.05) is 18.2 Å². The molecular formula is C21H22N2O4. The van der Waals surface area contributed by atoms with Crippen LogP contribution in [0.15, 0.2) is 42.5 Å². The maximum absolute atomic E-state index is 12.9. The molecule has 6 heteroatoms. The first kappa shape index (κ1) is 17.5. The third-order valence-corrected chi connectivity index (χ3v) is 5.03. The summed E-state index contributed by atoms with van der Waals surface area (Å²) in [6.07, 6.45) is 2.11. The largest absolute Gasteiger partial charge is 0.497 e. The van der Waals surface area contributed by atoms with Gasteiger partial charge in [-0.3, -0.25) is 9.59 Å². The molecule has 2 aliphatic heterocycles. The second-order valence-corrected chi connectivity index (χ2v) is 6.85. The van der Waals surface area contributed by atoms with Crippen molar-refractivity contribution in [2.45, 2.75) is 25.5 Å². The fraction of sp³-hybridized carbons (Fsp3) is 0.333. The number of benzene rings is 2. The monoisotopic (exact) mass is 366 g/mol. The van der Waals surface area contributed by atoms with Crippen molar-refractivity contribution in [1.29, 1.82) is 0 Å². The number of methoxy groups -OCH3 is 1. The molecule has 27 heavy (non-hydrogen) atoms. The lowest BCUT2D eigenvalue weighted by atomic mass is 10.0. The Morgan fingerprint density at radius 3 is 2.93 bits per heavy atom.